The van der Waals surface area contributed by atoms with Gasteiger partial charge in [0.15, 0.2) is 5.11 Å². The van der Waals surface area contributed by atoms with Crippen molar-refractivity contribution in [2.45, 2.75) is 13.1 Å². The Morgan fingerprint density at radius 3 is 2.35 bits per heavy atom. The number of hydrogen-bond acceptors (Lipinski definition) is 2. The molecule has 0 aliphatic carbocycles. The molecule has 0 aliphatic rings. The van der Waals surface area contributed by atoms with Gasteiger partial charge in [0.25, 0.3) is 0 Å². The minimum Gasteiger partial charge on any atom is -0.495 e. The van der Waals surface area contributed by atoms with Gasteiger partial charge in [-0.2, -0.15) is 13.2 Å². The molecular weight excluding hydrogens is 325 g/mol. The quantitative estimate of drug-likeness (QED) is 0.784. The maximum absolute atomic E-state index is 13.0. The number of aryl methyl sites for hydroxylation is 1. The van der Waals surface area contributed by atoms with Crippen molar-refractivity contribution in [2.24, 2.45) is 0 Å². The molecule has 0 atom stereocenters. The topological polar surface area (TPSA) is 33.3 Å². The van der Waals surface area contributed by atoms with Crippen molar-refractivity contribution in [3.05, 3.63) is 53.6 Å². The normalized spacial score (nSPS) is 11.0. The monoisotopic (exact) mass is 340 g/mol. The molecule has 2 aromatic rings. The Kier molecular flexibility index (Phi) is 5.10. The Labute approximate surface area is 137 Å². The maximum Gasteiger partial charge on any atom is 0.418 e. The van der Waals surface area contributed by atoms with E-state index in [0.717, 1.165) is 11.6 Å². The summed E-state index contributed by atoms with van der Waals surface area (Å²) in [5, 5.41) is 5.49. The van der Waals surface area contributed by atoms with Crippen molar-refractivity contribution < 1.29 is 17.9 Å². The smallest absolute Gasteiger partial charge is 0.418 e. The summed E-state index contributed by atoms with van der Waals surface area (Å²) in [6, 6.07) is 10.6. The fourth-order valence-corrected chi connectivity index (χ4v) is 2.25. The highest BCUT2D eigenvalue weighted by Crippen LogP contribution is 2.34. The van der Waals surface area contributed by atoms with E-state index in [0.29, 0.717) is 11.4 Å². The molecule has 2 rings (SSSR count). The zero-order chi connectivity index (χ0) is 17.0. The van der Waals surface area contributed by atoms with Gasteiger partial charge in [-0.25, -0.2) is 0 Å². The van der Waals surface area contributed by atoms with E-state index in [4.69, 9.17) is 17.0 Å². The zero-order valence-corrected chi connectivity index (χ0v) is 13.3. The summed E-state index contributed by atoms with van der Waals surface area (Å²) in [4.78, 5) is 0. The maximum atomic E-state index is 13.0. The highest BCUT2D eigenvalue weighted by atomic mass is 32.1. The number of methoxy groups -OCH3 is 1. The lowest BCUT2D eigenvalue weighted by Crippen LogP contribution is -2.21. The standard InChI is InChI=1S/C16H15F3N2OS/c1-10-7-8-14(22-2)13(9-10)21-15(23)20-12-6-4-3-5-11(12)16(17,18)19/h3-9H,1-2H3,(H2,20,21,23). The van der Waals surface area contributed by atoms with Gasteiger partial charge < -0.3 is 15.4 Å². The number of alkyl halides is 3. The van der Waals surface area contributed by atoms with Crippen LogP contribution in [0.1, 0.15) is 11.1 Å². The summed E-state index contributed by atoms with van der Waals surface area (Å²) < 4.78 is 44.1. The highest BCUT2D eigenvalue weighted by molar-refractivity contribution is 7.80. The van der Waals surface area contributed by atoms with Crippen molar-refractivity contribution in [1.82, 2.24) is 0 Å². The number of rotatable bonds is 3. The summed E-state index contributed by atoms with van der Waals surface area (Å²) in [6.07, 6.45) is -4.46. The zero-order valence-electron chi connectivity index (χ0n) is 12.5. The number of hydrogen-bond donors (Lipinski definition) is 2. The van der Waals surface area contributed by atoms with Gasteiger partial charge >= 0.3 is 6.18 Å². The summed E-state index contributed by atoms with van der Waals surface area (Å²) in [5.41, 5.74) is 0.658. The van der Waals surface area contributed by atoms with Crippen LogP contribution in [-0.4, -0.2) is 12.2 Å². The summed E-state index contributed by atoms with van der Waals surface area (Å²) in [6.45, 7) is 1.89. The van der Waals surface area contributed by atoms with Gasteiger partial charge in [0.05, 0.1) is 24.0 Å². The Bertz CT molecular complexity index is 717. The Morgan fingerprint density at radius 2 is 1.70 bits per heavy atom. The van der Waals surface area contributed by atoms with Crippen molar-refractivity contribution in [3.63, 3.8) is 0 Å². The molecule has 0 bridgehead atoms. The van der Waals surface area contributed by atoms with Crippen LogP contribution in [0.4, 0.5) is 24.5 Å². The molecule has 0 aliphatic heterocycles. The van der Waals surface area contributed by atoms with E-state index in [1.165, 1.54) is 25.3 Å². The van der Waals surface area contributed by atoms with Gasteiger partial charge in [0.1, 0.15) is 5.75 Å². The third-order valence-corrected chi connectivity index (χ3v) is 3.29. The molecule has 0 amide bonds. The molecule has 122 valence electrons. The van der Waals surface area contributed by atoms with Crippen LogP contribution in [0, 0.1) is 6.92 Å². The first kappa shape index (κ1) is 17.1. The van der Waals surface area contributed by atoms with Crippen molar-refractivity contribution in [2.75, 3.05) is 17.7 Å². The molecule has 0 radical (unpaired) electrons. The Morgan fingerprint density at radius 1 is 1.04 bits per heavy atom. The van der Waals surface area contributed by atoms with Crippen molar-refractivity contribution >= 4 is 28.7 Å². The van der Waals surface area contributed by atoms with E-state index in [1.807, 2.05) is 13.0 Å². The minimum absolute atomic E-state index is 0.0469. The van der Waals surface area contributed by atoms with Gasteiger partial charge in [-0.15, -0.1) is 0 Å². The Hall–Kier alpha value is -2.28. The van der Waals surface area contributed by atoms with Gasteiger partial charge in [-0.1, -0.05) is 18.2 Å². The third kappa shape index (κ3) is 4.35. The van der Waals surface area contributed by atoms with Crippen LogP contribution in [-0.2, 0) is 6.18 Å². The molecule has 0 aromatic heterocycles. The number of thiocarbonyl (C=S) groups is 1. The second kappa shape index (κ2) is 6.87. The van der Waals surface area contributed by atoms with Crippen molar-refractivity contribution in [1.29, 1.82) is 0 Å². The highest BCUT2D eigenvalue weighted by Gasteiger charge is 2.33. The molecule has 0 saturated carbocycles. The van der Waals surface area contributed by atoms with E-state index in [-0.39, 0.29) is 10.8 Å². The molecule has 0 saturated heterocycles. The SMILES string of the molecule is COc1ccc(C)cc1NC(=S)Nc1ccccc1C(F)(F)F. The molecule has 7 heteroatoms. The van der Waals surface area contributed by atoms with Crippen LogP contribution in [0.2, 0.25) is 0 Å². The third-order valence-electron chi connectivity index (χ3n) is 3.08. The first-order valence-corrected chi connectivity index (χ1v) is 7.11. The van der Waals surface area contributed by atoms with Crippen LogP contribution in [0.25, 0.3) is 0 Å². The molecule has 0 spiro atoms. The van der Waals surface area contributed by atoms with E-state index in [1.54, 1.807) is 12.1 Å². The molecule has 0 unspecified atom stereocenters. The van der Waals surface area contributed by atoms with E-state index in [2.05, 4.69) is 10.6 Å². The van der Waals surface area contributed by atoms with Crippen LogP contribution in [0.15, 0.2) is 42.5 Å². The van der Waals surface area contributed by atoms with Gasteiger partial charge in [0.2, 0.25) is 0 Å². The second-order valence-corrected chi connectivity index (χ2v) is 5.23. The first-order chi connectivity index (χ1) is 10.8. The van der Waals surface area contributed by atoms with E-state index in [9.17, 15) is 13.2 Å². The predicted molar refractivity (Wildman–Crippen MR) is 89.0 cm³/mol. The summed E-state index contributed by atoms with van der Waals surface area (Å²) >= 11 is 5.11. The molecule has 2 N–H and O–H groups in total. The fourth-order valence-electron chi connectivity index (χ4n) is 2.03. The lowest BCUT2D eigenvalue weighted by atomic mass is 10.1. The van der Waals surface area contributed by atoms with Crippen LogP contribution < -0.4 is 15.4 Å². The van der Waals surface area contributed by atoms with Crippen LogP contribution in [0.5, 0.6) is 5.75 Å². The van der Waals surface area contributed by atoms with Crippen molar-refractivity contribution in [3.8, 4) is 5.75 Å². The number of ether oxygens (including phenoxy) is 1. The molecule has 2 aromatic carbocycles. The minimum atomic E-state index is -4.46. The average Bonchev–Trinajstić information content (AvgIpc) is 2.47. The number of anilines is 2. The fraction of sp³-hybridized carbons (Fsp3) is 0.188. The number of para-hydroxylation sites is 1. The largest absolute Gasteiger partial charge is 0.495 e. The molecule has 3 nitrogen and oxygen atoms in total. The van der Waals surface area contributed by atoms with Gasteiger partial charge in [-0.05, 0) is 49.0 Å². The Balaban J connectivity index is 2.20. The second-order valence-electron chi connectivity index (χ2n) is 4.83. The molecule has 23 heavy (non-hydrogen) atoms. The lowest BCUT2D eigenvalue weighted by molar-refractivity contribution is -0.136. The van der Waals surface area contributed by atoms with E-state index < -0.39 is 11.7 Å². The van der Waals surface area contributed by atoms with Gasteiger partial charge in [0, 0.05) is 0 Å². The number of nitrogens with one attached hydrogen (secondary N) is 2. The predicted octanol–water partition coefficient (Wildman–Crippen LogP) is 4.83. The molecule has 0 heterocycles. The average molecular weight is 340 g/mol. The van der Waals surface area contributed by atoms with Gasteiger partial charge in [-0.3, -0.25) is 0 Å². The lowest BCUT2D eigenvalue weighted by Gasteiger charge is -2.17. The first-order valence-electron chi connectivity index (χ1n) is 6.70. The summed E-state index contributed by atoms with van der Waals surface area (Å²) in [5.74, 6) is 0.545. The number of benzene rings is 2. The van der Waals surface area contributed by atoms with Crippen LogP contribution >= 0.6 is 12.2 Å². The van der Waals surface area contributed by atoms with Crippen LogP contribution in [0.3, 0.4) is 0 Å². The summed E-state index contributed by atoms with van der Waals surface area (Å²) in [7, 11) is 1.51. The van der Waals surface area contributed by atoms with E-state index >= 15 is 0 Å². The molecular formula is C16H15F3N2OS. The number of halogens is 3. The molecule has 0 fully saturated rings.